The van der Waals surface area contributed by atoms with Gasteiger partial charge in [-0.15, -0.1) is 0 Å². The molecule has 0 aromatic heterocycles. The fourth-order valence-corrected chi connectivity index (χ4v) is 1.56. The van der Waals surface area contributed by atoms with Crippen molar-refractivity contribution in [2.75, 3.05) is 31.2 Å². The zero-order chi connectivity index (χ0) is 9.80. The lowest BCUT2D eigenvalue weighted by Crippen LogP contribution is -2.36. The number of nitrogens with one attached hydrogen (secondary N) is 1. The molecule has 0 bridgehead atoms. The summed E-state index contributed by atoms with van der Waals surface area (Å²) in [7, 11) is 0. The van der Waals surface area contributed by atoms with Gasteiger partial charge in [-0.25, -0.2) is 5.53 Å². The van der Waals surface area contributed by atoms with Gasteiger partial charge in [0.1, 0.15) is 0 Å². The molecule has 0 saturated carbocycles. The van der Waals surface area contributed by atoms with Crippen LogP contribution in [0.25, 0.3) is 0 Å². The van der Waals surface area contributed by atoms with Crippen molar-refractivity contribution in [3.63, 3.8) is 0 Å². The Morgan fingerprint density at radius 3 is 2.36 bits per heavy atom. The van der Waals surface area contributed by atoms with Crippen molar-refractivity contribution in [1.29, 1.82) is 5.53 Å². The Balaban J connectivity index is 2.11. The molecule has 74 valence electrons. The minimum Gasteiger partial charge on any atom is -0.378 e. The highest BCUT2D eigenvalue weighted by Crippen LogP contribution is 2.20. The van der Waals surface area contributed by atoms with Crippen LogP contribution in [-0.4, -0.2) is 26.3 Å². The third kappa shape index (κ3) is 1.90. The maximum Gasteiger partial charge on any atom is 0.0851 e. The fraction of sp³-hybridized carbons (Fsp3) is 0.400. The molecule has 0 unspecified atom stereocenters. The Bertz CT molecular complexity index is 304. The van der Waals surface area contributed by atoms with Crippen molar-refractivity contribution in [1.82, 2.24) is 0 Å². The van der Waals surface area contributed by atoms with Crippen LogP contribution in [-0.2, 0) is 4.74 Å². The smallest absolute Gasteiger partial charge is 0.0851 e. The molecule has 2 rings (SSSR count). The molecule has 4 nitrogen and oxygen atoms in total. The molecular formula is C10H13N3O. The largest absolute Gasteiger partial charge is 0.378 e. The van der Waals surface area contributed by atoms with Gasteiger partial charge in [0, 0.05) is 18.8 Å². The van der Waals surface area contributed by atoms with Gasteiger partial charge in [-0.05, 0) is 24.3 Å². The molecule has 1 aromatic carbocycles. The van der Waals surface area contributed by atoms with E-state index in [9.17, 15) is 0 Å². The maximum absolute atomic E-state index is 6.85. The van der Waals surface area contributed by atoms with Crippen molar-refractivity contribution < 1.29 is 4.74 Å². The predicted octanol–water partition coefficient (Wildman–Crippen LogP) is 2.19. The van der Waals surface area contributed by atoms with E-state index in [2.05, 4.69) is 10.0 Å². The van der Waals surface area contributed by atoms with Gasteiger partial charge in [0.15, 0.2) is 0 Å². The maximum atomic E-state index is 6.85. The van der Waals surface area contributed by atoms with Gasteiger partial charge in [0.25, 0.3) is 0 Å². The van der Waals surface area contributed by atoms with Crippen LogP contribution in [0.1, 0.15) is 0 Å². The first-order valence-electron chi connectivity index (χ1n) is 4.70. The lowest BCUT2D eigenvalue weighted by molar-refractivity contribution is 0.122. The van der Waals surface area contributed by atoms with Gasteiger partial charge in [0.2, 0.25) is 0 Å². The molecule has 1 aliphatic heterocycles. The molecule has 1 fully saturated rings. The monoisotopic (exact) mass is 191 g/mol. The minimum atomic E-state index is 0.696. The van der Waals surface area contributed by atoms with Crippen molar-refractivity contribution in [2.45, 2.75) is 0 Å². The summed E-state index contributed by atoms with van der Waals surface area (Å²) < 4.78 is 5.28. The number of anilines is 1. The number of ether oxygens (including phenoxy) is 1. The van der Waals surface area contributed by atoms with E-state index in [1.807, 2.05) is 24.3 Å². The topological polar surface area (TPSA) is 48.7 Å². The molecule has 1 aromatic rings. The van der Waals surface area contributed by atoms with E-state index >= 15 is 0 Å². The highest BCUT2D eigenvalue weighted by molar-refractivity contribution is 5.52. The molecule has 0 atom stereocenters. The van der Waals surface area contributed by atoms with Gasteiger partial charge in [0.05, 0.1) is 18.9 Å². The summed E-state index contributed by atoms with van der Waals surface area (Å²) in [5.74, 6) is 0. The number of hydrogen-bond acceptors (Lipinski definition) is 4. The lowest BCUT2D eigenvalue weighted by atomic mass is 10.2. The molecule has 0 aliphatic carbocycles. The summed E-state index contributed by atoms with van der Waals surface area (Å²) in [5, 5.41) is 3.36. The molecule has 1 aliphatic rings. The van der Waals surface area contributed by atoms with Crippen LogP contribution >= 0.6 is 0 Å². The minimum absolute atomic E-state index is 0.696. The third-order valence-corrected chi connectivity index (χ3v) is 2.36. The van der Waals surface area contributed by atoms with E-state index in [0.29, 0.717) is 5.69 Å². The second kappa shape index (κ2) is 4.19. The first-order chi connectivity index (χ1) is 6.90. The Hall–Kier alpha value is -1.42. The van der Waals surface area contributed by atoms with Gasteiger partial charge in [-0.2, -0.15) is 5.11 Å². The van der Waals surface area contributed by atoms with Crippen molar-refractivity contribution in [3.05, 3.63) is 24.3 Å². The quantitative estimate of drug-likeness (QED) is 0.728. The van der Waals surface area contributed by atoms with Crippen LogP contribution in [0.3, 0.4) is 0 Å². The first kappa shape index (κ1) is 9.15. The summed E-state index contributed by atoms with van der Waals surface area (Å²) in [6.07, 6.45) is 0. The fourth-order valence-electron chi connectivity index (χ4n) is 1.56. The second-order valence-corrected chi connectivity index (χ2v) is 3.23. The molecule has 0 spiro atoms. The number of benzene rings is 1. The molecule has 1 N–H and O–H groups in total. The van der Waals surface area contributed by atoms with E-state index in [4.69, 9.17) is 10.3 Å². The summed E-state index contributed by atoms with van der Waals surface area (Å²) in [4.78, 5) is 2.28. The molecule has 1 saturated heterocycles. The average molecular weight is 191 g/mol. The average Bonchev–Trinajstić information content (AvgIpc) is 2.30. The van der Waals surface area contributed by atoms with Crippen LogP contribution < -0.4 is 4.90 Å². The highest BCUT2D eigenvalue weighted by atomic mass is 16.5. The highest BCUT2D eigenvalue weighted by Gasteiger charge is 2.10. The normalized spacial score (nSPS) is 16.7. The van der Waals surface area contributed by atoms with Gasteiger partial charge < -0.3 is 9.64 Å². The molecule has 14 heavy (non-hydrogen) atoms. The Morgan fingerprint density at radius 2 is 1.79 bits per heavy atom. The van der Waals surface area contributed by atoms with Crippen molar-refractivity contribution >= 4 is 11.4 Å². The van der Waals surface area contributed by atoms with E-state index in [0.717, 1.165) is 26.3 Å². The van der Waals surface area contributed by atoms with Crippen LogP contribution in [0.15, 0.2) is 29.4 Å². The summed E-state index contributed by atoms with van der Waals surface area (Å²) in [6, 6.07) is 7.72. The van der Waals surface area contributed by atoms with Crippen LogP contribution in [0, 0.1) is 5.53 Å². The Kier molecular flexibility index (Phi) is 2.74. The predicted molar refractivity (Wildman–Crippen MR) is 54.3 cm³/mol. The number of hydrogen-bond donors (Lipinski definition) is 1. The molecule has 0 radical (unpaired) electrons. The zero-order valence-corrected chi connectivity index (χ0v) is 7.94. The van der Waals surface area contributed by atoms with Crippen molar-refractivity contribution in [2.24, 2.45) is 5.11 Å². The van der Waals surface area contributed by atoms with Crippen LogP contribution in [0.4, 0.5) is 11.4 Å². The molecule has 0 amide bonds. The first-order valence-corrected chi connectivity index (χ1v) is 4.70. The molecule has 1 heterocycles. The lowest BCUT2D eigenvalue weighted by Gasteiger charge is -2.28. The Labute approximate surface area is 83.0 Å². The zero-order valence-electron chi connectivity index (χ0n) is 7.94. The van der Waals surface area contributed by atoms with E-state index < -0.39 is 0 Å². The van der Waals surface area contributed by atoms with Gasteiger partial charge >= 0.3 is 0 Å². The van der Waals surface area contributed by atoms with Gasteiger partial charge in [-0.3, -0.25) is 0 Å². The summed E-state index contributed by atoms with van der Waals surface area (Å²) >= 11 is 0. The van der Waals surface area contributed by atoms with E-state index in [-0.39, 0.29) is 0 Å². The van der Waals surface area contributed by atoms with Gasteiger partial charge in [-0.1, -0.05) is 0 Å². The summed E-state index contributed by atoms with van der Waals surface area (Å²) in [6.45, 7) is 3.48. The standard InChI is InChI=1S/C10H13N3O/c11-12-9-1-3-10(4-2-9)13-5-7-14-8-6-13/h1-4,11H,5-8H2. The number of morpholine rings is 1. The molecule has 4 heteroatoms. The summed E-state index contributed by atoms with van der Waals surface area (Å²) in [5.41, 5.74) is 8.73. The van der Waals surface area contributed by atoms with E-state index in [1.54, 1.807) is 0 Å². The van der Waals surface area contributed by atoms with Crippen LogP contribution in [0.5, 0.6) is 0 Å². The van der Waals surface area contributed by atoms with Crippen molar-refractivity contribution in [3.8, 4) is 0 Å². The number of nitrogens with zero attached hydrogens (tertiary/aromatic N) is 2. The number of rotatable bonds is 2. The third-order valence-electron chi connectivity index (χ3n) is 2.36. The van der Waals surface area contributed by atoms with E-state index in [1.165, 1.54) is 5.69 Å². The SMILES string of the molecule is N=Nc1ccc(N2CCOCC2)cc1. The second-order valence-electron chi connectivity index (χ2n) is 3.23. The van der Waals surface area contributed by atoms with Crippen LogP contribution in [0.2, 0.25) is 0 Å². The molecular weight excluding hydrogens is 178 g/mol. The Morgan fingerprint density at radius 1 is 1.14 bits per heavy atom.